The lowest BCUT2D eigenvalue weighted by molar-refractivity contribution is 1.42. The predicted octanol–water partition coefficient (Wildman–Crippen LogP) is 5.08. The molecule has 1 aromatic carbocycles. The van der Waals surface area contributed by atoms with Gasteiger partial charge in [-0.25, -0.2) is 0 Å². The maximum atomic E-state index is 4.03. The van der Waals surface area contributed by atoms with E-state index in [9.17, 15) is 0 Å². The lowest BCUT2D eigenvalue weighted by Gasteiger charge is -2.02. The molecule has 0 atom stereocenters. The maximum absolute atomic E-state index is 4.03. The van der Waals surface area contributed by atoms with Crippen LogP contribution in [0.1, 0.15) is 19.4 Å². The Bertz CT molecular complexity index is 345. The normalized spacial score (nSPS) is 9.64. The van der Waals surface area contributed by atoms with Crippen molar-refractivity contribution >= 4 is 32.6 Å². The number of allylic oxidation sites excluding steroid dienone is 1. The van der Waals surface area contributed by atoms with Gasteiger partial charge in [-0.05, 0) is 37.0 Å². The highest BCUT2D eigenvalue weighted by Crippen LogP contribution is 2.28. The fraction of sp³-hybridized carbons (Fsp3) is 0.167. The minimum absolute atomic E-state index is 1.08. The van der Waals surface area contributed by atoms with Gasteiger partial charge in [0.2, 0.25) is 0 Å². The first-order valence-electron chi connectivity index (χ1n) is 4.34. The van der Waals surface area contributed by atoms with Crippen molar-refractivity contribution < 1.29 is 0 Å². The van der Waals surface area contributed by atoms with Gasteiger partial charge >= 0.3 is 0 Å². The second-order valence-corrected chi connectivity index (χ2v) is 5.12. The fourth-order valence-corrected chi connectivity index (χ4v) is 1.81. The summed E-state index contributed by atoms with van der Waals surface area (Å²) in [5.74, 6) is 0. The standard InChI is InChI=1S/C12H13BrS/c1-9(2)8-14-10(3)11-4-6-12(13)7-5-11/h4-8H,3H2,1-2H3. The number of hydrogen-bond donors (Lipinski definition) is 0. The Morgan fingerprint density at radius 1 is 1.29 bits per heavy atom. The summed E-state index contributed by atoms with van der Waals surface area (Å²) < 4.78 is 1.10. The van der Waals surface area contributed by atoms with Crippen LogP contribution in [0.25, 0.3) is 4.91 Å². The summed E-state index contributed by atoms with van der Waals surface area (Å²) in [7, 11) is 0. The van der Waals surface area contributed by atoms with E-state index in [0.29, 0.717) is 0 Å². The lowest BCUT2D eigenvalue weighted by Crippen LogP contribution is -1.76. The second kappa shape index (κ2) is 5.42. The Kier molecular flexibility index (Phi) is 4.49. The van der Waals surface area contributed by atoms with E-state index in [1.54, 1.807) is 11.8 Å². The van der Waals surface area contributed by atoms with E-state index in [1.165, 1.54) is 11.1 Å². The Morgan fingerprint density at radius 2 is 1.86 bits per heavy atom. The SMILES string of the molecule is C=C(SC=C(C)C)c1ccc(Br)cc1. The third-order valence-corrected chi connectivity index (χ3v) is 3.24. The Morgan fingerprint density at radius 3 is 2.36 bits per heavy atom. The number of halogens is 1. The van der Waals surface area contributed by atoms with E-state index in [-0.39, 0.29) is 0 Å². The molecule has 0 heterocycles. The van der Waals surface area contributed by atoms with Crippen LogP contribution >= 0.6 is 27.7 Å². The van der Waals surface area contributed by atoms with E-state index < -0.39 is 0 Å². The molecule has 0 aliphatic heterocycles. The quantitative estimate of drug-likeness (QED) is 0.737. The zero-order valence-electron chi connectivity index (χ0n) is 8.38. The van der Waals surface area contributed by atoms with E-state index >= 15 is 0 Å². The van der Waals surface area contributed by atoms with Gasteiger partial charge < -0.3 is 0 Å². The summed E-state index contributed by atoms with van der Waals surface area (Å²) in [6, 6.07) is 8.20. The summed E-state index contributed by atoms with van der Waals surface area (Å²) in [5.41, 5.74) is 2.48. The van der Waals surface area contributed by atoms with Crippen molar-refractivity contribution in [2.75, 3.05) is 0 Å². The summed E-state index contributed by atoms with van der Waals surface area (Å²) in [6.07, 6.45) is 0. The molecule has 0 fully saturated rings. The van der Waals surface area contributed by atoms with Gasteiger partial charge in [-0.15, -0.1) is 0 Å². The van der Waals surface area contributed by atoms with Crippen LogP contribution in [0.5, 0.6) is 0 Å². The Balaban J connectivity index is 2.70. The molecular weight excluding hydrogens is 256 g/mol. The van der Waals surface area contributed by atoms with Crippen molar-refractivity contribution in [2.24, 2.45) is 0 Å². The van der Waals surface area contributed by atoms with E-state index in [1.807, 2.05) is 12.1 Å². The molecule has 0 bridgehead atoms. The van der Waals surface area contributed by atoms with Crippen LogP contribution in [0, 0.1) is 0 Å². The van der Waals surface area contributed by atoms with Crippen molar-refractivity contribution in [3.05, 3.63) is 51.9 Å². The average Bonchev–Trinajstić information content (AvgIpc) is 2.15. The van der Waals surface area contributed by atoms with Gasteiger partial charge in [-0.2, -0.15) is 0 Å². The van der Waals surface area contributed by atoms with Crippen molar-refractivity contribution in [3.8, 4) is 0 Å². The first-order chi connectivity index (χ1) is 6.59. The first kappa shape index (κ1) is 11.6. The molecule has 0 spiro atoms. The smallest absolute Gasteiger partial charge is 0.0175 e. The maximum Gasteiger partial charge on any atom is 0.0175 e. The zero-order valence-corrected chi connectivity index (χ0v) is 10.8. The number of benzene rings is 1. The molecule has 0 aromatic heterocycles. The molecule has 1 rings (SSSR count). The van der Waals surface area contributed by atoms with Gasteiger partial charge in [0.25, 0.3) is 0 Å². The van der Waals surface area contributed by atoms with Crippen LogP contribution < -0.4 is 0 Å². The van der Waals surface area contributed by atoms with Gasteiger partial charge in [0.05, 0.1) is 0 Å². The number of rotatable bonds is 3. The molecule has 0 aliphatic rings. The van der Waals surface area contributed by atoms with Gasteiger partial charge in [-0.3, -0.25) is 0 Å². The van der Waals surface area contributed by atoms with E-state index in [2.05, 4.69) is 53.9 Å². The summed E-state index contributed by atoms with van der Waals surface area (Å²) in [5, 5.41) is 2.12. The minimum atomic E-state index is 1.08. The van der Waals surface area contributed by atoms with Crippen LogP contribution in [0.4, 0.5) is 0 Å². The molecule has 74 valence electrons. The van der Waals surface area contributed by atoms with Crippen molar-refractivity contribution in [1.82, 2.24) is 0 Å². The second-order valence-electron chi connectivity index (χ2n) is 3.24. The molecule has 0 radical (unpaired) electrons. The minimum Gasteiger partial charge on any atom is -0.0981 e. The molecule has 0 nitrogen and oxygen atoms in total. The molecule has 0 amide bonds. The predicted molar refractivity (Wildman–Crippen MR) is 70.2 cm³/mol. The van der Waals surface area contributed by atoms with Gasteiger partial charge in [0, 0.05) is 9.38 Å². The molecule has 0 unspecified atom stereocenters. The Hall–Kier alpha value is -0.470. The monoisotopic (exact) mass is 268 g/mol. The first-order valence-corrected chi connectivity index (χ1v) is 6.02. The molecule has 1 aromatic rings. The topological polar surface area (TPSA) is 0 Å². The van der Waals surface area contributed by atoms with Crippen molar-refractivity contribution in [1.29, 1.82) is 0 Å². The number of hydrogen-bond acceptors (Lipinski definition) is 1. The van der Waals surface area contributed by atoms with Crippen molar-refractivity contribution in [3.63, 3.8) is 0 Å². The van der Waals surface area contributed by atoms with E-state index in [4.69, 9.17) is 0 Å². The van der Waals surface area contributed by atoms with Crippen LogP contribution in [0.3, 0.4) is 0 Å². The fourth-order valence-electron chi connectivity index (χ4n) is 0.893. The molecule has 0 aliphatic carbocycles. The highest BCUT2D eigenvalue weighted by molar-refractivity contribution is 9.10. The van der Waals surface area contributed by atoms with Gasteiger partial charge in [0.15, 0.2) is 0 Å². The van der Waals surface area contributed by atoms with Crippen LogP contribution in [-0.2, 0) is 0 Å². The zero-order chi connectivity index (χ0) is 10.6. The molecule has 0 saturated heterocycles. The molecular formula is C12H13BrS. The third kappa shape index (κ3) is 3.72. The molecule has 14 heavy (non-hydrogen) atoms. The summed E-state index contributed by atoms with van der Waals surface area (Å²) >= 11 is 5.08. The highest BCUT2D eigenvalue weighted by Gasteiger charge is 1.97. The van der Waals surface area contributed by atoms with Crippen LogP contribution in [-0.4, -0.2) is 0 Å². The highest BCUT2D eigenvalue weighted by atomic mass is 79.9. The lowest BCUT2D eigenvalue weighted by atomic mass is 10.2. The molecule has 0 N–H and O–H groups in total. The van der Waals surface area contributed by atoms with Crippen LogP contribution in [0.15, 0.2) is 46.3 Å². The number of thioether (sulfide) groups is 1. The van der Waals surface area contributed by atoms with Crippen molar-refractivity contribution in [2.45, 2.75) is 13.8 Å². The van der Waals surface area contributed by atoms with Gasteiger partial charge in [-0.1, -0.05) is 52.0 Å². The summed E-state index contributed by atoms with van der Waals surface area (Å²) in [4.78, 5) is 1.08. The molecule has 0 saturated carbocycles. The Labute approximate surface area is 98.2 Å². The largest absolute Gasteiger partial charge is 0.0981 e. The van der Waals surface area contributed by atoms with Gasteiger partial charge in [0.1, 0.15) is 0 Å². The third-order valence-electron chi connectivity index (χ3n) is 1.60. The van der Waals surface area contributed by atoms with E-state index in [0.717, 1.165) is 9.38 Å². The van der Waals surface area contributed by atoms with Crippen LogP contribution in [0.2, 0.25) is 0 Å². The molecule has 2 heteroatoms. The summed E-state index contributed by atoms with van der Waals surface area (Å²) in [6.45, 7) is 8.20. The average molecular weight is 269 g/mol.